The number of anilines is 1. The number of nitro benzene ring substituents is 1. The Labute approximate surface area is 249 Å². The highest BCUT2D eigenvalue weighted by molar-refractivity contribution is 7.93. The molecular weight excluding hydrogens is 636 g/mol. The lowest BCUT2D eigenvalue weighted by Gasteiger charge is -2.31. The fourth-order valence-electron chi connectivity index (χ4n) is 4.85. The zero-order chi connectivity index (χ0) is 32.4. The number of esters is 1. The number of hydrogen-bond acceptors (Lipinski definition) is 9. The van der Waals surface area contributed by atoms with Crippen molar-refractivity contribution in [2.24, 2.45) is 0 Å². The van der Waals surface area contributed by atoms with Gasteiger partial charge in [0.2, 0.25) is 0 Å². The summed E-state index contributed by atoms with van der Waals surface area (Å²) in [6, 6.07) is 9.96. The molecule has 17 heteroatoms. The highest BCUT2D eigenvalue weighted by Gasteiger charge is 2.49. The Kier molecular flexibility index (Phi) is 9.20. The summed E-state index contributed by atoms with van der Waals surface area (Å²) in [5.41, 5.74) is -6.75. The molecular formula is C27H24F4N2O9S2. The highest BCUT2D eigenvalue weighted by atomic mass is 32.2. The molecule has 3 aromatic carbocycles. The minimum Gasteiger partial charge on any atom is -0.466 e. The van der Waals surface area contributed by atoms with Gasteiger partial charge in [-0.1, -0.05) is 30.3 Å². The molecule has 0 saturated heterocycles. The number of hydrogen-bond donors (Lipinski definition) is 0. The molecule has 44 heavy (non-hydrogen) atoms. The number of carbonyl (C=O) groups is 1. The van der Waals surface area contributed by atoms with Gasteiger partial charge in [0.05, 0.1) is 23.3 Å². The third-order valence-corrected chi connectivity index (χ3v) is 9.61. The van der Waals surface area contributed by atoms with Gasteiger partial charge in [0, 0.05) is 18.1 Å². The largest absolute Gasteiger partial charge is 0.534 e. The molecule has 0 fully saturated rings. The molecule has 0 N–H and O–H groups in total. The maximum atomic E-state index is 15.3. The molecule has 3 aromatic rings. The zero-order valence-electron chi connectivity index (χ0n) is 22.8. The summed E-state index contributed by atoms with van der Waals surface area (Å²) < 4.78 is 116. The van der Waals surface area contributed by atoms with Crippen LogP contribution in [0.1, 0.15) is 42.5 Å². The first-order valence-corrected chi connectivity index (χ1v) is 15.8. The number of alkyl halides is 3. The molecule has 1 aliphatic carbocycles. The molecule has 0 radical (unpaired) electrons. The number of halogens is 4. The van der Waals surface area contributed by atoms with E-state index in [0.717, 1.165) is 30.3 Å². The van der Waals surface area contributed by atoms with Gasteiger partial charge in [-0.05, 0) is 61.6 Å². The highest BCUT2D eigenvalue weighted by Crippen LogP contribution is 2.46. The van der Waals surface area contributed by atoms with E-state index in [1.54, 1.807) is 6.92 Å². The standard InChI is InChI=1S/C27H24F4N2O9S2/c1-2-41-26(34)15-11-17-10-12-18(16-21(17)28)32(43(37,38)25-9-4-3-7-23(25)33(35)36)22-14-13-20-19(22)6-5-8-24(20)42-44(39,40)27(29,30)31/h3-10,12,16,22H,2,11,13-15H2,1H3. The molecule has 0 saturated carbocycles. The number of aryl methyl sites for hydroxylation is 1. The number of benzene rings is 3. The van der Waals surface area contributed by atoms with Crippen LogP contribution in [0.15, 0.2) is 65.6 Å². The first-order valence-electron chi connectivity index (χ1n) is 12.9. The van der Waals surface area contributed by atoms with Crippen molar-refractivity contribution in [1.29, 1.82) is 0 Å². The van der Waals surface area contributed by atoms with Crippen LogP contribution in [0, 0.1) is 15.9 Å². The van der Waals surface area contributed by atoms with Gasteiger partial charge in [-0.15, -0.1) is 0 Å². The van der Waals surface area contributed by atoms with Crippen molar-refractivity contribution in [1.82, 2.24) is 0 Å². The summed E-state index contributed by atoms with van der Waals surface area (Å²) >= 11 is 0. The van der Waals surface area contributed by atoms with Gasteiger partial charge in [0.15, 0.2) is 4.90 Å². The fraction of sp³-hybridized carbons (Fsp3) is 0.296. The van der Waals surface area contributed by atoms with Gasteiger partial charge in [-0.2, -0.15) is 21.6 Å². The topological polar surface area (TPSA) is 150 Å². The Balaban J connectivity index is 1.85. The first-order chi connectivity index (χ1) is 20.6. The quantitative estimate of drug-likeness (QED) is 0.0663. The van der Waals surface area contributed by atoms with E-state index in [1.165, 1.54) is 30.3 Å². The van der Waals surface area contributed by atoms with Crippen molar-refractivity contribution in [2.45, 2.75) is 49.1 Å². The smallest absolute Gasteiger partial charge is 0.466 e. The van der Waals surface area contributed by atoms with Crippen LogP contribution < -0.4 is 8.49 Å². The van der Waals surface area contributed by atoms with Crippen molar-refractivity contribution in [3.8, 4) is 5.75 Å². The van der Waals surface area contributed by atoms with Crippen LogP contribution in [0.2, 0.25) is 0 Å². The SMILES string of the molecule is CCOC(=O)CCc1ccc(N(C2CCc3c(OS(=O)(=O)C(F)(F)F)cccc32)S(=O)(=O)c2ccccc2[N+](=O)[O-])cc1F. The van der Waals surface area contributed by atoms with Gasteiger partial charge in [-0.3, -0.25) is 19.2 Å². The van der Waals surface area contributed by atoms with E-state index < -0.39 is 64.7 Å². The number of nitrogens with zero attached hydrogens (tertiary/aromatic N) is 2. The number of sulfonamides is 1. The van der Waals surface area contributed by atoms with E-state index in [4.69, 9.17) is 4.74 Å². The maximum absolute atomic E-state index is 15.3. The Hall–Kier alpha value is -4.25. The third kappa shape index (κ3) is 6.47. The predicted molar refractivity (Wildman–Crippen MR) is 147 cm³/mol. The van der Waals surface area contributed by atoms with Crippen LogP contribution in [-0.2, 0) is 42.5 Å². The first kappa shape index (κ1) is 32.7. The van der Waals surface area contributed by atoms with Crippen LogP contribution >= 0.6 is 0 Å². The lowest BCUT2D eigenvalue weighted by atomic mass is 10.1. The average molecular weight is 661 g/mol. The number of carbonyl (C=O) groups excluding carboxylic acids is 1. The molecule has 0 spiro atoms. The van der Waals surface area contributed by atoms with E-state index in [9.17, 15) is 44.9 Å². The van der Waals surface area contributed by atoms with Gasteiger partial charge in [0.25, 0.3) is 15.7 Å². The average Bonchev–Trinajstić information content (AvgIpc) is 3.36. The number of nitro groups is 1. The van der Waals surface area contributed by atoms with Crippen LogP contribution in [0.3, 0.4) is 0 Å². The van der Waals surface area contributed by atoms with E-state index in [0.29, 0.717) is 4.31 Å². The fourth-order valence-corrected chi connectivity index (χ4v) is 7.15. The number of ether oxygens (including phenoxy) is 1. The summed E-state index contributed by atoms with van der Waals surface area (Å²) in [4.78, 5) is 21.8. The molecule has 1 atom stereocenters. The minimum absolute atomic E-state index is 0.0420. The second kappa shape index (κ2) is 12.4. The van der Waals surface area contributed by atoms with E-state index in [-0.39, 0.29) is 54.7 Å². The lowest BCUT2D eigenvalue weighted by Crippen LogP contribution is -2.34. The summed E-state index contributed by atoms with van der Waals surface area (Å²) in [6.45, 7) is 1.72. The van der Waals surface area contributed by atoms with Crippen molar-refractivity contribution in [2.75, 3.05) is 10.9 Å². The van der Waals surface area contributed by atoms with Gasteiger partial charge < -0.3 is 8.92 Å². The molecule has 0 bridgehead atoms. The molecule has 236 valence electrons. The third-order valence-electron chi connectivity index (χ3n) is 6.76. The van der Waals surface area contributed by atoms with Crippen LogP contribution in [-0.4, -0.2) is 39.8 Å². The number of rotatable bonds is 11. The summed E-state index contributed by atoms with van der Waals surface area (Å²) in [5, 5.41) is 11.7. The Morgan fingerprint density at radius 1 is 1.07 bits per heavy atom. The second-order valence-electron chi connectivity index (χ2n) is 9.47. The second-order valence-corrected chi connectivity index (χ2v) is 12.8. The van der Waals surface area contributed by atoms with E-state index in [2.05, 4.69) is 4.18 Å². The molecule has 1 unspecified atom stereocenters. The molecule has 11 nitrogen and oxygen atoms in total. The van der Waals surface area contributed by atoms with Crippen molar-refractivity contribution >= 4 is 37.5 Å². The molecule has 0 amide bonds. The van der Waals surface area contributed by atoms with E-state index in [1.807, 2.05) is 0 Å². The predicted octanol–water partition coefficient (Wildman–Crippen LogP) is 5.34. The van der Waals surface area contributed by atoms with Crippen molar-refractivity contribution in [3.63, 3.8) is 0 Å². The summed E-state index contributed by atoms with van der Waals surface area (Å²) in [7, 11) is -10.9. The number of fused-ring (bicyclic) bond motifs is 1. The normalized spacial score (nSPS) is 15.0. The Morgan fingerprint density at radius 2 is 1.77 bits per heavy atom. The van der Waals surface area contributed by atoms with Crippen LogP contribution in [0.5, 0.6) is 5.75 Å². The van der Waals surface area contributed by atoms with Crippen LogP contribution in [0.4, 0.5) is 28.9 Å². The van der Waals surface area contributed by atoms with Crippen molar-refractivity contribution in [3.05, 3.63) is 93.3 Å². The van der Waals surface area contributed by atoms with Crippen LogP contribution in [0.25, 0.3) is 0 Å². The number of para-hydroxylation sites is 1. The Morgan fingerprint density at radius 3 is 2.41 bits per heavy atom. The molecule has 0 aliphatic heterocycles. The lowest BCUT2D eigenvalue weighted by molar-refractivity contribution is -0.387. The molecule has 0 heterocycles. The maximum Gasteiger partial charge on any atom is 0.534 e. The molecule has 1 aliphatic rings. The van der Waals surface area contributed by atoms with Crippen molar-refractivity contribution < 1.29 is 53.0 Å². The summed E-state index contributed by atoms with van der Waals surface area (Å²) in [6.07, 6.45) is -0.523. The Bertz CT molecular complexity index is 1810. The summed E-state index contributed by atoms with van der Waals surface area (Å²) in [5.74, 6) is -2.16. The minimum atomic E-state index is -6.06. The van der Waals surface area contributed by atoms with Gasteiger partial charge in [0.1, 0.15) is 11.6 Å². The molecule has 0 aromatic heterocycles. The van der Waals surface area contributed by atoms with Gasteiger partial charge >= 0.3 is 21.6 Å². The zero-order valence-corrected chi connectivity index (χ0v) is 24.4. The van der Waals surface area contributed by atoms with Gasteiger partial charge in [-0.25, -0.2) is 12.8 Å². The molecule has 4 rings (SSSR count). The monoisotopic (exact) mass is 660 g/mol. The van der Waals surface area contributed by atoms with E-state index >= 15 is 4.39 Å².